The Morgan fingerprint density at radius 3 is 2.81 bits per heavy atom. The maximum atomic E-state index is 12.1. The molecule has 0 atom stereocenters. The zero-order valence-corrected chi connectivity index (χ0v) is 12.3. The third kappa shape index (κ3) is 4.17. The number of hydrogen-bond donors (Lipinski definition) is 4. The molecule has 0 fully saturated rings. The lowest BCUT2D eigenvalue weighted by Gasteiger charge is -2.04. The highest BCUT2D eigenvalue weighted by molar-refractivity contribution is 7.92. The molecule has 0 amide bonds. The minimum Gasteiger partial charge on any atom is -0.363 e. The van der Waals surface area contributed by atoms with Crippen LogP contribution in [0.4, 0.5) is 5.82 Å². The van der Waals surface area contributed by atoms with Crippen molar-refractivity contribution < 1.29 is 8.42 Å². The van der Waals surface area contributed by atoms with Gasteiger partial charge in [-0.15, -0.1) is 0 Å². The lowest BCUT2D eigenvalue weighted by molar-refractivity contribution is 0.601. The van der Waals surface area contributed by atoms with Gasteiger partial charge in [0.1, 0.15) is 4.90 Å². The molecule has 21 heavy (non-hydrogen) atoms. The van der Waals surface area contributed by atoms with Crippen LogP contribution >= 0.6 is 0 Å². The van der Waals surface area contributed by atoms with Crippen LogP contribution in [0.1, 0.15) is 19.0 Å². The molecule has 8 nitrogen and oxygen atoms in total. The monoisotopic (exact) mass is 311 g/mol. The molecular formula is C12H17N5O3S. The van der Waals surface area contributed by atoms with Crippen molar-refractivity contribution in [2.75, 3.05) is 11.3 Å². The van der Waals surface area contributed by atoms with Crippen LogP contribution in [0.5, 0.6) is 0 Å². The lowest BCUT2D eigenvalue weighted by Crippen LogP contribution is -2.16. The van der Waals surface area contributed by atoms with E-state index in [1.165, 1.54) is 18.3 Å². The Kier molecular flexibility index (Phi) is 4.76. The fraction of sp³-hybridized carbons (Fsp3) is 0.333. The summed E-state index contributed by atoms with van der Waals surface area (Å²) >= 11 is 0. The van der Waals surface area contributed by atoms with E-state index >= 15 is 0 Å². The van der Waals surface area contributed by atoms with Crippen molar-refractivity contribution in [3.05, 3.63) is 40.4 Å². The Morgan fingerprint density at radius 1 is 1.33 bits per heavy atom. The average Bonchev–Trinajstić information content (AvgIpc) is 2.91. The molecule has 0 saturated carbocycles. The number of rotatable bonds is 7. The highest BCUT2D eigenvalue weighted by atomic mass is 32.2. The summed E-state index contributed by atoms with van der Waals surface area (Å²) in [5.41, 5.74) is 0.377. The lowest BCUT2D eigenvalue weighted by atomic mass is 10.4. The third-order valence-electron chi connectivity index (χ3n) is 2.69. The van der Waals surface area contributed by atoms with Crippen molar-refractivity contribution in [2.24, 2.45) is 0 Å². The van der Waals surface area contributed by atoms with Gasteiger partial charge in [-0.1, -0.05) is 6.92 Å². The van der Waals surface area contributed by atoms with Gasteiger partial charge < -0.3 is 10.3 Å². The van der Waals surface area contributed by atoms with Gasteiger partial charge in [0.2, 0.25) is 0 Å². The number of hydrogen-bond acceptors (Lipinski definition) is 5. The van der Waals surface area contributed by atoms with Crippen LogP contribution in [0.15, 0.2) is 34.1 Å². The molecule has 2 heterocycles. The molecule has 0 aliphatic heterocycles. The molecule has 0 aromatic carbocycles. The van der Waals surface area contributed by atoms with Crippen LogP contribution in [-0.4, -0.2) is 30.1 Å². The molecule has 0 saturated heterocycles. The molecule has 4 N–H and O–H groups in total. The molecule has 0 bridgehead atoms. The van der Waals surface area contributed by atoms with Crippen LogP contribution in [0.3, 0.4) is 0 Å². The first kappa shape index (κ1) is 15.3. The number of anilines is 1. The molecule has 0 radical (unpaired) electrons. The van der Waals surface area contributed by atoms with Crippen molar-refractivity contribution in [3.63, 3.8) is 0 Å². The second kappa shape index (κ2) is 6.55. The van der Waals surface area contributed by atoms with E-state index in [4.69, 9.17) is 0 Å². The molecule has 2 aromatic heterocycles. The van der Waals surface area contributed by atoms with Gasteiger partial charge in [-0.05, 0) is 25.1 Å². The Hall–Kier alpha value is -2.13. The summed E-state index contributed by atoms with van der Waals surface area (Å²) in [4.78, 5) is 13.9. The second-order valence-electron chi connectivity index (χ2n) is 4.45. The van der Waals surface area contributed by atoms with E-state index in [2.05, 4.69) is 32.1 Å². The molecule has 9 heteroatoms. The van der Waals surface area contributed by atoms with E-state index in [9.17, 15) is 13.2 Å². The number of sulfonamides is 1. The Labute approximate surface area is 122 Å². The molecule has 0 spiro atoms. The number of nitrogens with one attached hydrogen (secondary N) is 4. The average molecular weight is 311 g/mol. The molecular weight excluding hydrogens is 294 g/mol. The maximum absolute atomic E-state index is 12.1. The molecule has 114 valence electrons. The summed E-state index contributed by atoms with van der Waals surface area (Å²) in [7, 11) is -3.73. The first-order chi connectivity index (χ1) is 10.0. The molecule has 2 aromatic rings. The van der Waals surface area contributed by atoms with Gasteiger partial charge in [-0.25, -0.2) is 13.5 Å². The Bertz CT molecular complexity index is 730. The summed E-state index contributed by atoms with van der Waals surface area (Å²) in [5.74, 6) is 0.0569. The van der Waals surface area contributed by atoms with Crippen LogP contribution in [0.2, 0.25) is 0 Å². The largest absolute Gasteiger partial charge is 0.363 e. The fourth-order valence-corrected chi connectivity index (χ4v) is 2.69. The summed E-state index contributed by atoms with van der Waals surface area (Å²) in [5, 5.41) is 8.94. The highest BCUT2D eigenvalue weighted by Gasteiger charge is 2.16. The molecule has 0 aliphatic rings. The van der Waals surface area contributed by atoms with Crippen LogP contribution < -0.4 is 15.6 Å². The van der Waals surface area contributed by atoms with Crippen LogP contribution in [0.25, 0.3) is 0 Å². The fourth-order valence-electron chi connectivity index (χ4n) is 1.67. The van der Waals surface area contributed by atoms with E-state index in [1.807, 2.05) is 0 Å². The van der Waals surface area contributed by atoms with E-state index in [0.29, 0.717) is 6.54 Å². The molecule has 0 unspecified atom stereocenters. The molecule has 0 aliphatic carbocycles. The van der Waals surface area contributed by atoms with E-state index < -0.39 is 15.6 Å². The van der Waals surface area contributed by atoms with Crippen molar-refractivity contribution in [1.29, 1.82) is 0 Å². The van der Waals surface area contributed by atoms with Gasteiger partial charge in [0.25, 0.3) is 15.6 Å². The Morgan fingerprint density at radius 2 is 2.14 bits per heavy atom. The van der Waals surface area contributed by atoms with Gasteiger partial charge in [-0.2, -0.15) is 5.10 Å². The number of H-pyrrole nitrogens is 2. The smallest absolute Gasteiger partial charge is 0.264 e. The van der Waals surface area contributed by atoms with E-state index in [-0.39, 0.29) is 10.7 Å². The minimum atomic E-state index is -3.73. The third-order valence-corrected chi connectivity index (χ3v) is 4.02. The van der Waals surface area contributed by atoms with Gasteiger partial charge in [0, 0.05) is 24.5 Å². The topological polar surface area (TPSA) is 120 Å². The standard InChI is InChI=1S/C12H17N5O3S/c1-2-5-13-7-9-6-10(8-14-9)21(19,20)17-11-3-4-12(18)16-15-11/h3-4,6,8,13-14H,2,5,7H2,1H3,(H,15,17)(H,16,18). The van der Waals surface area contributed by atoms with Crippen molar-refractivity contribution >= 4 is 15.8 Å². The SMILES string of the molecule is CCCNCc1cc(S(=O)(=O)Nc2ccc(=O)[nH]n2)c[nH]1. The highest BCUT2D eigenvalue weighted by Crippen LogP contribution is 2.14. The van der Waals surface area contributed by atoms with Gasteiger partial charge in [0.15, 0.2) is 5.82 Å². The number of aromatic amines is 2. The van der Waals surface area contributed by atoms with Gasteiger partial charge in [0.05, 0.1) is 0 Å². The maximum Gasteiger partial charge on any atom is 0.264 e. The first-order valence-corrected chi connectivity index (χ1v) is 7.96. The quantitative estimate of drug-likeness (QED) is 0.552. The summed E-state index contributed by atoms with van der Waals surface area (Å²) in [6.45, 7) is 3.49. The second-order valence-corrected chi connectivity index (χ2v) is 6.13. The van der Waals surface area contributed by atoms with E-state index in [0.717, 1.165) is 18.7 Å². The minimum absolute atomic E-state index is 0.0569. The van der Waals surface area contributed by atoms with Crippen molar-refractivity contribution in [2.45, 2.75) is 24.8 Å². The predicted octanol–water partition coefficient (Wildman–Crippen LogP) is 0.398. The normalized spacial score (nSPS) is 11.5. The number of nitrogens with zero attached hydrogens (tertiary/aromatic N) is 1. The zero-order chi connectivity index (χ0) is 15.3. The first-order valence-electron chi connectivity index (χ1n) is 6.48. The number of aromatic nitrogens is 3. The zero-order valence-electron chi connectivity index (χ0n) is 11.5. The Balaban J connectivity index is 2.08. The van der Waals surface area contributed by atoms with Crippen LogP contribution in [0, 0.1) is 0 Å². The van der Waals surface area contributed by atoms with Gasteiger partial charge in [-0.3, -0.25) is 9.52 Å². The van der Waals surface area contributed by atoms with Gasteiger partial charge >= 0.3 is 0 Å². The van der Waals surface area contributed by atoms with Crippen molar-refractivity contribution in [1.82, 2.24) is 20.5 Å². The summed E-state index contributed by atoms with van der Waals surface area (Å²) < 4.78 is 26.6. The molecule has 2 rings (SSSR count). The predicted molar refractivity (Wildman–Crippen MR) is 78.5 cm³/mol. The summed E-state index contributed by atoms with van der Waals surface area (Å²) in [6, 6.07) is 4.05. The van der Waals surface area contributed by atoms with Crippen molar-refractivity contribution in [3.8, 4) is 0 Å². The summed E-state index contributed by atoms with van der Waals surface area (Å²) in [6.07, 6.45) is 2.42. The van der Waals surface area contributed by atoms with E-state index in [1.54, 1.807) is 6.07 Å². The van der Waals surface area contributed by atoms with Crippen LogP contribution in [-0.2, 0) is 16.6 Å².